The maximum Gasteiger partial charge on any atom is 0.276 e. The summed E-state index contributed by atoms with van der Waals surface area (Å²) in [6.07, 6.45) is 3.22. The number of nitrogens with zero attached hydrogens (tertiary/aromatic N) is 5. The molecular formula is C28H31N7O4S. The lowest BCUT2D eigenvalue weighted by Gasteiger charge is -2.32. The first kappa shape index (κ1) is 27.7. The smallest absolute Gasteiger partial charge is 0.276 e. The van der Waals surface area contributed by atoms with Gasteiger partial charge in [-0.25, -0.2) is 10.1 Å². The third-order valence-corrected chi connectivity index (χ3v) is 7.96. The molecule has 0 aliphatic carbocycles. The van der Waals surface area contributed by atoms with Crippen LogP contribution in [-0.2, 0) is 34.7 Å². The Bertz CT molecular complexity index is 1550. The molecule has 3 N–H and O–H groups in total. The van der Waals surface area contributed by atoms with E-state index in [2.05, 4.69) is 20.2 Å². The van der Waals surface area contributed by atoms with Gasteiger partial charge in [-0.2, -0.15) is 23.0 Å². The maximum atomic E-state index is 11.5. The van der Waals surface area contributed by atoms with Gasteiger partial charge in [-0.3, -0.25) is 4.90 Å². The van der Waals surface area contributed by atoms with E-state index in [-0.39, 0.29) is 0 Å². The van der Waals surface area contributed by atoms with Gasteiger partial charge in [-0.05, 0) is 66.4 Å². The molecule has 3 aromatic rings. The zero-order chi connectivity index (χ0) is 28.3. The lowest BCUT2D eigenvalue weighted by molar-refractivity contribution is 0.132. The molecule has 2 aliphatic heterocycles. The number of aromatic nitrogens is 2. The van der Waals surface area contributed by atoms with Crippen LogP contribution in [0.3, 0.4) is 0 Å². The average Bonchev–Trinajstić information content (AvgIpc) is 3.39. The summed E-state index contributed by atoms with van der Waals surface area (Å²) < 4.78 is 36.3. The number of allylic oxidation sites excluding steroid dienone is 1. The van der Waals surface area contributed by atoms with Gasteiger partial charge >= 0.3 is 0 Å². The lowest BCUT2D eigenvalue weighted by atomic mass is 10.1. The molecule has 0 spiro atoms. The van der Waals surface area contributed by atoms with Crippen molar-refractivity contribution in [1.29, 1.82) is 5.26 Å². The summed E-state index contributed by atoms with van der Waals surface area (Å²) in [7, 11) is -3.63. The number of anilines is 2. The molecule has 0 radical (unpaired) electrons. The lowest BCUT2D eigenvalue weighted by Crippen LogP contribution is -2.50. The molecule has 0 unspecified atom stereocenters. The normalized spacial score (nSPS) is 16.1. The summed E-state index contributed by atoms with van der Waals surface area (Å²) in [6.45, 7) is 7.45. The van der Waals surface area contributed by atoms with E-state index < -0.39 is 10.2 Å². The summed E-state index contributed by atoms with van der Waals surface area (Å²) in [5.74, 6) is 1.57. The number of ether oxygens (including phenoxy) is 2. The highest BCUT2D eigenvalue weighted by Gasteiger charge is 2.24. The molecule has 1 saturated heterocycles. The zero-order valence-corrected chi connectivity index (χ0v) is 23.2. The predicted molar refractivity (Wildman–Crippen MR) is 151 cm³/mol. The Morgan fingerprint density at radius 3 is 2.45 bits per heavy atom. The second kappa shape index (κ2) is 11.7. The van der Waals surface area contributed by atoms with Gasteiger partial charge in [0, 0.05) is 44.5 Å². The van der Waals surface area contributed by atoms with E-state index in [0.29, 0.717) is 63.5 Å². The Balaban J connectivity index is 1.29. The van der Waals surface area contributed by atoms with Crippen molar-refractivity contribution < 1.29 is 17.9 Å². The molecule has 12 heteroatoms. The van der Waals surface area contributed by atoms with Gasteiger partial charge in [-0.15, -0.1) is 0 Å². The number of rotatable bonds is 8. The van der Waals surface area contributed by atoms with Gasteiger partial charge in [0.1, 0.15) is 5.75 Å². The molecule has 1 fully saturated rings. The Morgan fingerprint density at radius 2 is 1.80 bits per heavy atom. The monoisotopic (exact) mass is 561 g/mol. The van der Waals surface area contributed by atoms with Crippen LogP contribution < -0.4 is 15.2 Å². The summed E-state index contributed by atoms with van der Waals surface area (Å²) in [6, 6.07) is 13.9. The third kappa shape index (κ3) is 6.47. The maximum absolute atomic E-state index is 11.5. The van der Waals surface area contributed by atoms with Gasteiger partial charge in [-0.1, -0.05) is 12.1 Å². The Kier molecular flexibility index (Phi) is 8.11. The molecule has 3 heterocycles. The topological polar surface area (TPSA) is 147 Å². The van der Waals surface area contributed by atoms with E-state index in [1.54, 1.807) is 6.08 Å². The number of nitrogens with one attached hydrogen (secondary N) is 1. The van der Waals surface area contributed by atoms with Crippen LogP contribution in [0, 0.1) is 25.2 Å². The molecule has 40 heavy (non-hydrogen) atoms. The minimum atomic E-state index is -3.63. The number of hydrogen-bond acceptors (Lipinski definition) is 9. The SMILES string of the molecule is Cc1cc(/C=C/C#N)cc(C)c1Oc1nc(Nc2ccc(CN3CCN(S(N)(=O)=O)CC3)cc2)nc2c1COC2. The van der Waals surface area contributed by atoms with Crippen molar-refractivity contribution in [1.82, 2.24) is 19.2 Å². The highest BCUT2D eigenvalue weighted by Crippen LogP contribution is 2.35. The fraction of sp³-hybridized carbons (Fsp3) is 0.321. The average molecular weight is 562 g/mol. The molecular weight excluding hydrogens is 530 g/mol. The summed E-state index contributed by atoms with van der Waals surface area (Å²) in [4.78, 5) is 11.5. The quantitative estimate of drug-likeness (QED) is 0.394. The number of piperazine rings is 1. The van der Waals surface area contributed by atoms with Crippen LogP contribution in [0.15, 0.2) is 42.5 Å². The molecule has 208 valence electrons. The van der Waals surface area contributed by atoms with Crippen molar-refractivity contribution in [3.8, 4) is 17.7 Å². The van der Waals surface area contributed by atoms with Gasteiger partial charge in [0.05, 0.1) is 30.5 Å². The Hall–Kier alpha value is -3.86. The predicted octanol–water partition coefficient (Wildman–Crippen LogP) is 3.52. The van der Waals surface area contributed by atoms with Crippen molar-refractivity contribution in [2.45, 2.75) is 33.6 Å². The molecule has 11 nitrogen and oxygen atoms in total. The number of nitrogens with two attached hydrogens (primary N) is 1. The molecule has 0 amide bonds. The first-order chi connectivity index (χ1) is 19.2. The van der Waals surface area contributed by atoms with Crippen molar-refractivity contribution >= 4 is 27.9 Å². The third-order valence-electron chi connectivity index (χ3n) is 6.88. The van der Waals surface area contributed by atoms with E-state index >= 15 is 0 Å². The van der Waals surface area contributed by atoms with E-state index in [1.807, 2.05) is 56.3 Å². The molecule has 0 atom stereocenters. The minimum Gasteiger partial charge on any atom is -0.438 e. The van der Waals surface area contributed by atoms with Crippen molar-refractivity contribution in [3.05, 3.63) is 76.0 Å². The standard InChI is InChI=1S/C28H31N7O4S/c1-19-14-22(4-3-9-29)15-20(2)26(19)39-27-24-17-38-18-25(24)32-28(33-27)31-23-7-5-21(6-8-23)16-34-10-12-35(13-11-34)40(30,36)37/h3-8,14-15H,10-13,16-18H2,1-2H3,(H2,30,36,37)(H,31,32,33)/b4-3+. The van der Waals surface area contributed by atoms with Gasteiger partial charge in [0.25, 0.3) is 10.2 Å². The molecule has 2 aliphatic rings. The van der Waals surface area contributed by atoms with E-state index in [0.717, 1.165) is 39.2 Å². The summed E-state index contributed by atoms with van der Waals surface area (Å²) in [5.41, 5.74) is 6.34. The number of benzene rings is 2. The van der Waals surface area contributed by atoms with Crippen molar-refractivity contribution in [3.63, 3.8) is 0 Å². The summed E-state index contributed by atoms with van der Waals surface area (Å²) in [5, 5.41) is 17.3. The van der Waals surface area contributed by atoms with E-state index in [1.165, 1.54) is 10.4 Å². The van der Waals surface area contributed by atoms with Crippen LogP contribution in [0.4, 0.5) is 11.6 Å². The number of nitriles is 1. The Morgan fingerprint density at radius 1 is 1.10 bits per heavy atom. The van der Waals surface area contributed by atoms with Gasteiger partial charge in [0.2, 0.25) is 11.8 Å². The molecule has 0 bridgehead atoms. The molecule has 1 aromatic heterocycles. The van der Waals surface area contributed by atoms with Crippen LogP contribution in [0.1, 0.15) is 33.5 Å². The van der Waals surface area contributed by atoms with Crippen molar-refractivity contribution in [2.75, 3.05) is 31.5 Å². The Labute approximate surface area is 234 Å². The van der Waals surface area contributed by atoms with Crippen LogP contribution in [-0.4, -0.2) is 53.8 Å². The first-order valence-corrected chi connectivity index (χ1v) is 14.4. The number of fused-ring (bicyclic) bond motifs is 1. The first-order valence-electron chi connectivity index (χ1n) is 12.9. The van der Waals surface area contributed by atoms with Crippen molar-refractivity contribution in [2.24, 2.45) is 5.14 Å². The van der Waals surface area contributed by atoms with Crippen LogP contribution in [0.25, 0.3) is 6.08 Å². The molecule has 0 saturated carbocycles. The fourth-order valence-corrected chi connectivity index (χ4v) is 5.53. The zero-order valence-electron chi connectivity index (χ0n) is 22.4. The summed E-state index contributed by atoms with van der Waals surface area (Å²) >= 11 is 0. The van der Waals surface area contributed by atoms with E-state index in [9.17, 15) is 8.42 Å². The van der Waals surface area contributed by atoms with Gasteiger partial charge in [0.15, 0.2) is 0 Å². The second-order valence-corrected chi connectivity index (χ2v) is 11.4. The van der Waals surface area contributed by atoms with Gasteiger partial charge < -0.3 is 14.8 Å². The number of hydrogen-bond donors (Lipinski definition) is 2. The molecule has 2 aromatic carbocycles. The number of aryl methyl sites for hydroxylation is 2. The fourth-order valence-electron chi connectivity index (χ4n) is 4.86. The highest BCUT2D eigenvalue weighted by molar-refractivity contribution is 7.86. The van der Waals surface area contributed by atoms with E-state index in [4.69, 9.17) is 19.9 Å². The van der Waals surface area contributed by atoms with Crippen LogP contribution in [0.2, 0.25) is 0 Å². The molecule has 5 rings (SSSR count). The van der Waals surface area contributed by atoms with Crippen LogP contribution >= 0.6 is 0 Å². The van der Waals surface area contributed by atoms with Crippen LogP contribution in [0.5, 0.6) is 11.6 Å². The second-order valence-electron chi connectivity index (χ2n) is 9.86. The highest BCUT2D eigenvalue weighted by atomic mass is 32.2. The minimum absolute atomic E-state index is 0.381. The largest absolute Gasteiger partial charge is 0.438 e.